The number of anilines is 1. The van der Waals surface area contributed by atoms with E-state index in [2.05, 4.69) is 20.4 Å². The maximum atomic E-state index is 12.9. The standard InChI is InChI=1S/C22H21N5O2/c1-14-20(12-19-15(2)26-27(3)21(19)24-14)22(28)25-16-8-6-9-18(11-16)29-13-17-7-4-5-10-23-17/h4-12H,13H2,1-3H3,(H,25,28). The van der Waals surface area contributed by atoms with Gasteiger partial charge in [-0.15, -0.1) is 0 Å². The quantitative estimate of drug-likeness (QED) is 0.563. The van der Waals surface area contributed by atoms with Gasteiger partial charge in [0.05, 0.1) is 22.6 Å². The Morgan fingerprint density at radius 2 is 1.97 bits per heavy atom. The first kappa shape index (κ1) is 18.6. The second-order valence-electron chi connectivity index (χ2n) is 6.79. The van der Waals surface area contributed by atoms with E-state index in [9.17, 15) is 4.79 Å². The molecule has 1 amide bonds. The molecule has 0 saturated carbocycles. The van der Waals surface area contributed by atoms with E-state index in [-0.39, 0.29) is 5.91 Å². The van der Waals surface area contributed by atoms with Crippen LogP contribution in [0.1, 0.15) is 27.4 Å². The van der Waals surface area contributed by atoms with Crippen LogP contribution in [-0.4, -0.2) is 25.7 Å². The van der Waals surface area contributed by atoms with E-state index in [0.29, 0.717) is 29.3 Å². The number of hydrogen-bond donors (Lipinski definition) is 1. The molecule has 3 aromatic heterocycles. The second kappa shape index (κ2) is 7.71. The monoisotopic (exact) mass is 387 g/mol. The highest BCUT2D eigenvalue weighted by atomic mass is 16.5. The Kier molecular flexibility index (Phi) is 4.95. The van der Waals surface area contributed by atoms with Crippen LogP contribution in [0.5, 0.6) is 5.75 Å². The summed E-state index contributed by atoms with van der Waals surface area (Å²) in [5.74, 6) is 0.434. The first-order chi connectivity index (χ1) is 14.0. The molecular formula is C22H21N5O2. The van der Waals surface area contributed by atoms with Crippen molar-refractivity contribution in [2.75, 3.05) is 5.32 Å². The predicted molar refractivity (Wildman–Crippen MR) is 111 cm³/mol. The Morgan fingerprint density at radius 1 is 1.10 bits per heavy atom. The van der Waals surface area contributed by atoms with Crippen LogP contribution >= 0.6 is 0 Å². The van der Waals surface area contributed by atoms with Crippen molar-refractivity contribution in [2.24, 2.45) is 7.05 Å². The predicted octanol–water partition coefficient (Wildman–Crippen LogP) is 3.81. The first-order valence-electron chi connectivity index (χ1n) is 9.26. The van der Waals surface area contributed by atoms with Gasteiger partial charge in [-0.2, -0.15) is 5.10 Å². The van der Waals surface area contributed by atoms with Crippen molar-refractivity contribution in [1.82, 2.24) is 19.7 Å². The molecule has 1 aromatic carbocycles. The molecule has 4 aromatic rings. The van der Waals surface area contributed by atoms with E-state index in [0.717, 1.165) is 22.4 Å². The van der Waals surface area contributed by atoms with Crippen LogP contribution in [-0.2, 0) is 13.7 Å². The zero-order valence-electron chi connectivity index (χ0n) is 16.5. The number of fused-ring (bicyclic) bond motifs is 1. The van der Waals surface area contributed by atoms with Crippen molar-refractivity contribution in [1.29, 1.82) is 0 Å². The summed E-state index contributed by atoms with van der Waals surface area (Å²) >= 11 is 0. The van der Waals surface area contributed by atoms with Crippen molar-refractivity contribution < 1.29 is 9.53 Å². The molecule has 0 unspecified atom stereocenters. The minimum absolute atomic E-state index is 0.220. The van der Waals surface area contributed by atoms with Gasteiger partial charge in [-0.3, -0.25) is 14.5 Å². The Labute approximate surface area is 168 Å². The highest BCUT2D eigenvalue weighted by Gasteiger charge is 2.16. The number of amides is 1. The topological polar surface area (TPSA) is 81.9 Å². The van der Waals surface area contributed by atoms with Gasteiger partial charge in [0.25, 0.3) is 5.91 Å². The van der Waals surface area contributed by atoms with Crippen LogP contribution in [0.25, 0.3) is 11.0 Å². The second-order valence-corrected chi connectivity index (χ2v) is 6.79. The molecule has 0 bridgehead atoms. The Morgan fingerprint density at radius 3 is 2.76 bits per heavy atom. The fraction of sp³-hybridized carbons (Fsp3) is 0.182. The summed E-state index contributed by atoms with van der Waals surface area (Å²) in [6.07, 6.45) is 1.73. The Balaban J connectivity index is 1.52. The van der Waals surface area contributed by atoms with Gasteiger partial charge in [-0.1, -0.05) is 12.1 Å². The van der Waals surface area contributed by atoms with Gasteiger partial charge < -0.3 is 10.1 Å². The minimum Gasteiger partial charge on any atom is -0.487 e. The number of benzene rings is 1. The molecule has 0 aliphatic heterocycles. The fourth-order valence-corrected chi connectivity index (χ4v) is 3.16. The number of pyridine rings is 2. The highest BCUT2D eigenvalue weighted by Crippen LogP contribution is 2.22. The maximum Gasteiger partial charge on any atom is 0.257 e. The third kappa shape index (κ3) is 3.94. The molecule has 4 rings (SSSR count). The van der Waals surface area contributed by atoms with Gasteiger partial charge in [0, 0.05) is 30.4 Å². The summed E-state index contributed by atoms with van der Waals surface area (Å²) < 4.78 is 7.51. The number of carbonyl (C=O) groups is 1. The fourth-order valence-electron chi connectivity index (χ4n) is 3.16. The lowest BCUT2D eigenvalue weighted by Crippen LogP contribution is -2.14. The van der Waals surface area contributed by atoms with E-state index < -0.39 is 0 Å². The maximum absolute atomic E-state index is 12.9. The van der Waals surface area contributed by atoms with Gasteiger partial charge in [0.15, 0.2) is 5.65 Å². The van der Waals surface area contributed by atoms with Gasteiger partial charge in [-0.05, 0) is 44.2 Å². The molecule has 0 aliphatic carbocycles. The average molecular weight is 387 g/mol. The summed E-state index contributed by atoms with van der Waals surface area (Å²) in [5.41, 5.74) is 4.27. The van der Waals surface area contributed by atoms with Crippen molar-refractivity contribution in [3.8, 4) is 5.75 Å². The average Bonchev–Trinajstić information content (AvgIpc) is 2.99. The summed E-state index contributed by atoms with van der Waals surface area (Å²) in [7, 11) is 1.85. The van der Waals surface area contributed by atoms with E-state index in [1.807, 2.05) is 63.4 Å². The molecule has 7 nitrogen and oxygen atoms in total. The molecule has 0 fully saturated rings. The van der Waals surface area contributed by atoms with Crippen LogP contribution in [0.15, 0.2) is 54.7 Å². The zero-order valence-corrected chi connectivity index (χ0v) is 16.5. The third-order valence-corrected chi connectivity index (χ3v) is 4.64. The van der Waals surface area contributed by atoms with Gasteiger partial charge >= 0.3 is 0 Å². The number of hydrogen-bond acceptors (Lipinski definition) is 5. The van der Waals surface area contributed by atoms with Gasteiger partial charge in [0.2, 0.25) is 0 Å². The molecule has 0 saturated heterocycles. The van der Waals surface area contributed by atoms with Gasteiger partial charge in [0.1, 0.15) is 12.4 Å². The lowest BCUT2D eigenvalue weighted by atomic mass is 10.1. The van der Waals surface area contributed by atoms with E-state index in [1.165, 1.54) is 0 Å². The molecular weight excluding hydrogens is 366 g/mol. The van der Waals surface area contributed by atoms with E-state index in [4.69, 9.17) is 4.74 Å². The molecule has 29 heavy (non-hydrogen) atoms. The van der Waals surface area contributed by atoms with E-state index in [1.54, 1.807) is 16.9 Å². The number of nitrogens with zero attached hydrogens (tertiary/aromatic N) is 4. The van der Waals surface area contributed by atoms with Crippen molar-refractivity contribution in [3.63, 3.8) is 0 Å². The molecule has 1 N–H and O–H groups in total. The SMILES string of the molecule is Cc1nc2c(cc1C(=O)Nc1cccc(OCc3ccccn3)c1)c(C)nn2C. The largest absolute Gasteiger partial charge is 0.487 e. The number of aromatic nitrogens is 4. The molecule has 7 heteroatoms. The highest BCUT2D eigenvalue weighted by molar-refractivity contribution is 6.06. The zero-order chi connectivity index (χ0) is 20.4. The van der Waals surface area contributed by atoms with Crippen LogP contribution in [0.2, 0.25) is 0 Å². The minimum atomic E-state index is -0.220. The normalized spacial score (nSPS) is 10.9. The number of aryl methyl sites for hydroxylation is 3. The van der Waals surface area contributed by atoms with Crippen LogP contribution in [0.3, 0.4) is 0 Å². The van der Waals surface area contributed by atoms with Crippen LogP contribution in [0.4, 0.5) is 5.69 Å². The molecule has 0 aliphatic rings. The van der Waals surface area contributed by atoms with Gasteiger partial charge in [-0.25, -0.2) is 4.98 Å². The third-order valence-electron chi connectivity index (χ3n) is 4.64. The molecule has 146 valence electrons. The van der Waals surface area contributed by atoms with Crippen molar-refractivity contribution >= 4 is 22.6 Å². The smallest absolute Gasteiger partial charge is 0.257 e. The number of carbonyl (C=O) groups excluding carboxylic acids is 1. The number of ether oxygens (including phenoxy) is 1. The Bertz CT molecular complexity index is 1180. The lowest BCUT2D eigenvalue weighted by Gasteiger charge is -2.10. The van der Waals surface area contributed by atoms with Crippen molar-refractivity contribution in [2.45, 2.75) is 20.5 Å². The van der Waals surface area contributed by atoms with Crippen LogP contribution < -0.4 is 10.1 Å². The molecule has 0 spiro atoms. The summed E-state index contributed by atoms with van der Waals surface area (Å²) in [5, 5.41) is 8.17. The lowest BCUT2D eigenvalue weighted by molar-refractivity contribution is 0.102. The molecule has 0 radical (unpaired) electrons. The summed E-state index contributed by atoms with van der Waals surface area (Å²) in [6.45, 7) is 4.09. The molecule has 0 atom stereocenters. The number of rotatable bonds is 5. The summed E-state index contributed by atoms with van der Waals surface area (Å²) in [6, 6.07) is 14.8. The number of nitrogens with one attached hydrogen (secondary N) is 1. The molecule has 3 heterocycles. The first-order valence-corrected chi connectivity index (χ1v) is 9.26. The Hall–Kier alpha value is -3.74. The van der Waals surface area contributed by atoms with Crippen LogP contribution in [0, 0.1) is 13.8 Å². The van der Waals surface area contributed by atoms with Crippen molar-refractivity contribution in [3.05, 3.63) is 77.4 Å². The summed E-state index contributed by atoms with van der Waals surface area (Å²) in [4.78, 5) is 21.6. The van der Waals surface area contributed by atoms with E-state index >= 15 is 0 Å².